The van der Waals surface area contributed by atoms with E-state index in [1.165, 1.54) is 64.2 Å². The lowest BCUT2D eigenvalue weighted by Crippen LogP contribution is -2.31. The Morgan fingerprint density at radius 1 is 0.913 bits per heavy atom. The molecule has 0 spiro atoms. The van der Waals surface area contributed by atoms with Gasteiger partial charge in [-0.2, -0.15) is 0 Å². The number of hydrogen-bond donors (Lipinski definition) is 0. The van der Waals surface area contributed by atoms with Crippen molar-refractivity contribution in [3.63, 3.8) is 0 Å². The lowest BCUT2D eigenvalue weighted by molar-refractivity contribution is -0.197. The second-order valence-corrected chi connectivity index (χ2v) is 7.79. The van der Waals surface area contributed by atoms with Gasteiger partial charge in [0.1, 0.15) is 0 Å². The quantitative estimate of drug-likeness (QED) is 0.554. The Hall–Kier alpha value is -0.120. The molecule has 3 aliphatic rings. The van der Waals surface area contributed by atoms with Gasteiger partial charge in [0.15, 0.2) is 6.29 Å². The molecule has 0 aromatic rings. The molecule has 0 radical (unpaired) electrons. The first-order chi connectivity index (χ1) is 11.4. The Morgan fingerprint density at radius 2 is 1.78 bits per heavy atom. The summed E-state index contributed by atoms with van der Waals surface area (Å²) < 4.78 is 18.2. The van der Waals surface area contributed by atoms with Crippen molar-refractivity contribution in [2.75, 3.05) is 13.2 Å². The van der Waals surface area contributed by atoms with Crippen LogP contribution in [0.4, 0.5) is 0 Å². The van der Waals surface area contributed by atoms with Crippen molar-refractivity contribution < 1.29 is 14.2 Å². The van der Waals surface area contributed by atoms with E-state index in [9.17, 15) is 0 Å². The van der Waals surface area contributed by atoms with Crippen LogP contribution in [0.5, 0.6) is 0 Å². The van der Waals surface area contributed by atoms with Gasteiger partial charge in [0.05, 0.1) is 12.2 Å². The lowest BCUT2D eigenvalue weighted by Gasteiger charge is -2.30. The topological polar surface area (TPSA) is 27.7 Å². The average molecular weight is 325 g/mol. The van der Waals surface area contributed by atoms with Crippen LogP contribution in [0.25, 0.3) is 0 Å². The second-order valence-electron chi connectivity index (χ2n) is 7.79. The summed E-state index contributed by atoms with van der Waals surface area (Å²) >= 11 is 0. The molecule has 1 saturated carbocycles. The third-order valence-corrected chi connectivity index (χ3v) is 6.11. The van der Waals surface area contributed by atoms with Crippen LogP contribution in [0.15, 0.2) is 0 Å². The normalized spacial score (nSPS) is 37.2. The van der Waals surface area contributed by atoms with Gasteiger partial charge in [-0.05, 0) is 43.9 Å². The summed E-state index contributed by atoms with van der Waals surface area (Å²) in [7, 11) is 0. The van der Waals surface area contributed by atoms with Crippen LogP contribution < -0.4 is 0 Å². The van der Waals surface area contributed by atoms with E-state index in [-0.39, 0.29) is 6.29 Å². The summed E-state index contributed by atoms with van der Waals surface area (Å²) in [6.07, 6.45) is 16.4. The molecule has 2 saturated heterocycles. The van der Waals surface area contributed by atoms with Crippen LogP contribution >= 0.6 is 0 Å². The van der Waals surface area contributed by atoms with Crippen molar-refractivity contribution in [2.24, 2.45) is 11.8 Å². The number of fused-ring (bicyclic) bond motifs is 1. The molecule has 23 heavy (non-hydrogen) atoms. The summed E-state index contributed by atoms with van der Waals surface area (Å²) in [6.45, 7) is 4.13. The minimum atomic E-state index is 0.0552. The molecule has 2 heterocycles. The fourth-order valence-electron chi connectivity index (χ4n) is 4.81. The van der Waals surface area contributed by atoms with Gasteiger partial charge in [-0.15, -0.1) is 0 Å². The standard InChI is InChI=1S/C20H36O3/c1-2-3-4-5-6-7-10-16-17-12-14-21-18(17)15-19(16)23-20-11-8-9-13-22-20/h16-20H,2-15H2,1H3/t16-,17-,18+,19-,20?/m1/s1. The molecule has 134 valence electrons. The molecule has 0 amide bonds. The van der Waals surface area contributed by atoms with Crippen LogP contribution in [0, 0.1) is 11.8 Å². The molecule has 0 bridgehead atoms. The highest BCUT2D eigenvalue weighted by molar-refractivity contribution is 4.95. The van der Waals surface area contributed by atoms with E-state index in [1.807, 2.05) is 0 Å². The van der Waals surface area contributed by atoms with Crippen molar-refractivity contribution >= 4 is 0 Å². The smallest absolute Gasteiger partial charge is 0.157 e. The zero-order chi connectivity index (χ0) is 15.9. The Balaban J connectivity index is 1.44. The third-order valence-electron chi connectivity index (χ3n) is 6.11. The number of unbranched alkanes of at least 4 members (excludes halogenated alkanes) is 5. The summed E-state index contributed by atoms with van der Waals surface area (Å²) in [5.41, 5.74) is 0. The van der Waals surface area contributed by atoms with E-state index in [4.69, 9.17) is 14.2 Å². The Bertz CT molecular complexity index is 327. The number of rotatable bonds is 9. The van der Waals surface area contributed by atoms with E-state index in [0.717, 1.165) is 32.0 Å². The van der Waals surface area contributed by atoms with Gasteiger partial charge in [-0.3, -0.25) is 0 Å². The molecule has 3 heteroatoms. The second kappa shape index (κ2) is 9.39. The van der Waals surface area contributed by atoms with Crippen molar-refractivity contribution in [3.05, 3.63) is 0 Å². The van der Waals surface area contributed by atoms with Gasteiger partial charge in [-0.25, -0.2) is 0 Å². The molecule has 2 aliphatic heterocycles. The molecule has 0 N–H and O–H groups in total. The van der Waals surface area contributed by atoms with E-state index in [0.29, 0.717) is 18.1 Å². The maximum absolute atomic E-state index is 6.39. The maximum atomic E-state index is 6.39. The van der Waals surface area contributed by atoms with E-state index >= 15 is 0 Å². The Kier molecular flexibility index (Phi) is 7.22. The van der Waals surface area contributed by atoms with Gasteiger partial charge >= 0.3 is 0 Å². The highest BCUT2D eigenvalue weighted by Gasteiger charge is 2.47. The van der Waals surface area contributed by atoms with Gasteiger partial charge < -0.3 is 14.2 Å². The number of hydrogen-bond acceptors (Lipinski definition) is 3. The number of ether oxygens (including phenoxy) is 3. The third kappa shape index (κ3) is 4.93. The largest absolute Gasteiger partial charge is 0.378 e. The minimum absolute atomic E-state index is 0.0552. The molecular weight excluding hydrogens is 288 g/mol. The zero-order valence-corrected chi connectivity index (χ0v) is 15.0. The molecule has 3 nitrogen and oxygen atoms in total. The predicted molar refractivity (Wildman–Crippen MR) is 92.4 cm³/mol. The fourth-order valence-corrected chi connectivity index (χ4v) is 4.81. The van der Waals surface area contributed by atoms with Crippen molar-refractivity contribution in [1.29, 1.82) is 0 Å². The van der Waals surface area contributed by atoms with Gasteiger partial charge in [-0.1, -0.05) is 45.4 Å². The minimum Gasteiger partial charge on any atom is -0.378 e. The van der Waals surface area contributed by atoms with Crippen LogP contribution in [0.3, 0.4) is 0 Å². The van der Waals surface area contributed by atoms with Gasteiger partial charge in [0, 0.05) is 19.6 Å². The molecule has 1 aliphatic carbocycles. The lowest BCUT2D eigenvalue weighted by atomic mass is 9.87. The van der Waals surface area contributed by atoms with Crippen molar-refractivity contribution in [3.8, 4) is 0 Å². The molecule has 5 atom stereocenters. The van der Waals surface area contributed by atoms with Gasteiger partial charge in [0.25, 0.3) is 0 Å². The van der Waals surface area contributed by atoms with E-state index in [1.54, 1.807) is 0 Å². The highest BCUT2D eigenvalue weighted by atomic mass is 16.7. The van der Waals surface area contributed by atoms with Crippen LogP contribution in [-0.4, -0.2) is 31.7 Å². The molecule has 3 fully saturated rings. The highest BCUT2D eigenvalue weighted by Crippen LogP contribution is 2.45. The Labute approximate surface area is 142 Å². The first-order valence-corrected chi connectivity index (χ1v) is 10.3. The fraction of sp³-hybridized carbons (Fsp3) is 1.00. The molecule has 0 aromatic heterocycles. The first kappa shape index (κ1) is 17.7. The molecular formula is C20H36O3. The maximum Gasteiger partial charge on any atom is 0.157 e. The molecule has 1 unspecified atom stereocenters. The first-order valence-electron chi connectivity index (χ1n) is 10.3. The van der Waals surface area contributed by atoms with E-state index in [2.05, 4.69) is 6.92 Å². The van der Waals surface area contributed by atoms with Crippen LogP contribution in [-0.2, 0) is 14.2 Å². The summed E-state index contributed by atoms with van der Waals surface area (Å²) in [6, 6.07) is 0. The SMILES string of the molecule is CCCCCCCC[C@@H]1[C@H]2CCO[C@H]2C[C@H]1OC1CCCCO1. The van der Waals surface area contributed by atoms with Crippen LogP contribution in [0.2, 0.25) is 0 Å². The predicted octanol–water partition coefficient (Wildman–Crippen LogP) is 5.07. The van der Waals surface area contributed by atoms with Gasteiger partial charge in [0.2, 0.25) is 0 Å². The summed E-state index contributed by atoms with van der Waals surface area (Å²) in [4.78, 5) is 0. The van der Waals surface area contributed by atoms with Crippen molar-refractivity contribution in [1.82, 2.24) is 0 Å². The van der Waals surface area contributed by atoms with E-state index < -0.39 is 0 Å². The monoisotopic (exact) mass is 324 g/mol. The summed E-state index contributed by atoms with van der Waals surface area (Å²) in [5, 5.41) is 0. The summed E-state index contributed by atoms with van der Waals surface area (Å²) in [5.74, 6) is 1.46. The molecule has 0 aromatic carbocycles. The van der Waals surface area contributed by atoms with Crippen molar-refractivity contribution in [2.45, 2.75) is 102 Å². The zero-order valence-electron chi connectivity index (χ0n) is 15.0. The average Bonchev–Trinajstić information content (AvgIpc) is 3.14. The Morgan fingerprint density at radius 3 is 2.61 bits per heavy atom. The molecule has 3 rings (SSSR count). The van der Waals surface area contributed by atoms with Crippen LogP contribution in [0.1, 0.15) is 84.0 Å².